The summed E-state index contributed by atoms with van der Waals surface area (Å²) in [5.41, 5.74) is 2.04. The fourth-order valence-corrected chi connectivity index (χ4v) is 1.77. The Hall–Kier alpha value is -0.830. The van der Waals surface area contributed by atoms with Gasteiger partial charge in [0.1, 0.15) is 0 Å². The van der Waals surface area contributed by atoms with Gasteiger partial charge in [-0.15, -0.1) is 0 Å². The highest BCUT2D eigenvalue weighted by molar-refractivity contribution is 9.08. The van der Waals surface area contributed by atoms with Crippen LogP contribution < -0.4 is 0 Å². The van der Waals surface area contributed by atoms with Crippen molar-refractivity contribution < 1.29 is 9.90 Å². The Morgan fingerprint density at radius 3 is 2.36 bits per heavy atom. The Morgan fingerprint density at radius 1 is 1.43 bits per heavy atom. The Bertz CT molecular complexity index is 306. The second-order valence-electron chi connectivity index (χ2n) is 3.17. The molecule has 0 bridgehead atoms. The third kappa shape index (κ3) is 2.58. The lowest BCUT2D eigenvalue weighted by Gasteiger charge is -2.09. The van der Waals surface area contributed by atoms with Crippen molar-refractivity contribution in [2.75, 3.05) is 0 Å². The van der Waals surface area contributed by atoms with Crippen LogP contribution in [0.15, 0.2) is 24.3 Å². The van der Waals surface area contributed by atoms with Crippen LogP contribution in [0.5, 0.6) is 0 Å². The predicted molar refractivity (Wildman–Crippen MR) is 59.7 cm³/mol. The van der Waals surface area contributed by atoms with Gasteiger partial charge in [-0.1, -0.05) is 47.1 Å². The maximum absolute atomic E-state index is 10.9. The van der Waals surface area contributed by atoms with Gasteiger partial charge in [-0.25, -0.2) is 0 Å². The molecule has 0 spiro atoms. The van der Waals surface area contributed by atoms with E-state index in [1.165, 1.54) is 0 Å². The van der Waals surface area contributed by atoms with Crippen LogP contribution in [0.3, 0.4) is 0 Å². The summed E-state index contributed by atoms with van der Waals surface area (Å²) in [6.45, 7) is 1.89. The highest BCUT2D eigenvalue weighted by Gasteiger charge is 2.16. The smallest absolute Gasteiger partial charge is 0.310 e. The molecular formula is C11H13BrO2. The van der Waals surface area contributed by atoms with Gasteiger partial charge in [0.05, 0.1) is 5.92 Å². The summed E-state index contributed by atoms with van der Waals surface area (Å²) in [5.74, 6) is -1.13. The first-order chi connectivity index (χ1) is 6.69. The van der Waals surface area contributed by atoms with Gasteiger partial charge in [-0.2, -0.15) is 0 Å². The SMILES string of the molecule is CCC(C(=O)O)c1ccc(CBr)cc1. The lowest BCUT2D eigenvalue weighted by molar-refractivity contribution is -0.138. The molecule has 0 saturated heterocycles. The molecule has 1 unspecified atom stereocenters. The molecule has 0 aliphatic heterocycles. The minimum Gasteiger partial charge on any atom is -0.481 e. The largest absolute Gasteiger partial charge is 0.481 e. The van der Waals surface area contributed by atoms with Crippen molar-refractivity contribution in [2.24, 2.45) is 0 Å². The van der Waals surface area contributed by atoms with Crippen LogP contribution in [-0.2, 0) is 10.1 Å². The Morgan fingerprint density at radius 2 is 2.00 bits per heavy atom. The number of halogens is 1. The fraction of sp³-hybridized carbons (Fsp3) is 0.364. The molecule has 0 radical (unpaired) electrons. The monoisotopic (exact) mass is 256 g/mol. The van der Waals surface area contributed by atoms with Crippen LogP contribution >= 0.6 is 15.9 Å². The molecule has 0 heterocycles. The Labute approximate surface area is 92.1 Å². The van der Waals surface area contributed by atoms with E-state index in [-0.39, 0.29) is 5.92 Å². The van der Waals surface area contributed by atoms with E-state index in [1.807, 2.05) is 31.2 Å². The van der Waals surface area contributed by atoms with Crippen molar-refractivity contribution in [3.63, 3.8) is 0 Å². The predicted octanol–water partition coefficient (Wildman–Crippen LogP) is 3.16. The standard InChI is InChI=1S/C11H13BrO2/c1-2-10(11(13)14)9-5-3-8(7-12)4-6-9/h3-6,10H,2,7H2,1H3,(H,13,14). The molecule has 3 heteroatoms. The molecule has 14 heavy (non-hydrogen) atoms. The van der Waals surface area contributed by atoms with E-state index in [4.69, 9.17) is 5.11 Å². The van der Waals surface area contributed by atoms with E-state index in [0.29, 0.717) is 6.42 Å². The summed E-state index contributed by atoms with van der Waals surface area (Å²) in [5, 5.41) is 9.75. The van der Waals surface area contributed by atoms with Crippen LogP contribution in [0, 0.1) is 0 Å². The first-order valence-electron chi connectivity index (χ1n) is 4.56. The van der Waals surface area contributed by atoms with Crippen molar-refractivity contribution in [3.8, 4) is 0 Å². The quantitative estimate of drug-likeness (QED) is 0.841. The lowest BCUT2D eigenvalue weighted by Crippen LogP contribution is -2.10. The fourth-order valence-electron chi connectivity index (χ4n) is 1.39. The summed E-state index contributed by atoms with van der Waals surface area (Å²) in [4.78, 5) is 10.9. The zero-order valence-electron chi connectivity index (χ0n) is 8.03. The summed E-state index contributed by atoms with van der Waals surface area (Å²) < 4.78 is 0. The third-order valence-electron chi connectivity index (χ3n) is 2.24. The van der Waals surface area contributed by atoms with Gasteiger partial charge in [-0.3, -0.25) is 4.79 Å². The number of alkyl halides is 1. The second-order valence-corrected chi connectivity index (χ2v) is 3.74. The van der Waals surface area contributed by atoms with Crippen molar-refractivity contribution in [3.05, 3.63) is 35.4 Å². The third-order valence-corrected chi connectivity index (χ3v) is 2.89. The summed E-state index contributed by atoms with van der Waals surface area (Å²) in [6, 6.07) is 7.68. The minimum atomic E-state index is -0.751. The maximum atomic E-state index is 10.9. The van der Waals surface area contributed by atoms with E-state index in [0.717, 1.165) is 16.5 Å². The van der Waals surface area contributed by atoms with E-state index in [2.05, 4.69) is 15.9 Å². The summed E-state index contributed by atoms with van der Waals surface area (Å²) >= 11 is 3.35. The number of hydrogen-bond acceptors (Lipinski definition) is 1. The molecule has 1 aromatic rings. The van der Waals surface area contributed by atoms with Crippen molar-refractivity contribution >= 4 is 21.9 Å². The summed E-state index contributed by atoms with van der Waals surface area (Å²) in [6.07, 6.45) is 0.628. The number of aliphatic carboxylic acids is 1. The molecule has 2 nitrogen and oxygen atoms in total. The van der Waals surface area contributed by atoms with Crippen LogP contribution in [-0.4, -0.2) is 11.1 Å². The minimum absolute atomic E-state index is 0.376. The molecule has 0 aromatic heterocycles. The normalized spacial score (nSPS) is 12.4. The summed E-state index contributed by atoms with van der Waals surface area (Å²) in [7, 11) is 0. The van der Waals surface area contributed by atoms with Gasteiger partial charge in [-0.05, 0) is 17.5 Å². The molecule has 0 saturated carbocycles. The molecule has 1 atom stereocenters. The van der Waals surface area contributed by atoms with Crippen molar-refractivity contribution in [1.29, 1.82) is 0 Å². The van der Waals surface area contributed by atoms with Gasteiger partial charge < -0.3 is 5.11 Å². The van der Waals surface area contributed by atoms with Gasteiger partial charge in [0.15, 0.2) is 0 Å². The molecule has 76 valence electrons. The average Bonchev–Trinajstić information content (AvgIpc) is 2.19. The first-order valence-corrected chi connectivity index (χ1v) is 5.68. The van der Waals surface area contributed by atoms with Crippen LogP contribution in [0.4, 0.5) is 0 Å². The molecule has 1 N–H and O–H groups in total. The maximum Gasteiger partial charge on any atom is 0.310 e. The Balaban J connectivity index is 2.89. The van der Waals surface area contributed by atoms with Crippen molar-refractivity contribution in [2.45, 2.75) is 24.6 Å². The molecule has 0 amide bonds. The molecule has 1 aromatic carbocycles. The highest BCUT2D eigenvalue weighted by Crippen LogP contribution is 2.20. The number of carboxylic acids is 1. The van der Waals surface area contributed by atoms with Gasteiger partial charge >= 0.3 is 5.97 Å². The van der Waals surface area contributed by atoms with Gasteiger partial charge in [0.2, 0.25) is 0 Å². The van der Waals surface area contributed by atoms with E-state index < -0.39 is 5.97 Å². The van der Waals surface area contributed by atoms with Gasteiger partial charge in [0.25, 0.3) is 0 Å². The lowest BCUT2D eigenvalue weighted by atomic mass is 9.96. The number of hydrogen-bond donors (Lipinski definition) is 1. The zero-order valence-corrected chi connectivity index (χ0v) is 9.62. The highest BCUT2D eigenvalue weighted by atomic mass is 79.9. The number of benzene rings is 1. The van der Waals surface area contributed by atoms with Crippen molar-refractivity contribution in [1.82, 2.24) is 0 Å². The van der Waals surface area contributed by atoms with E-state index >= 15 is 0 Å². The topological polar surface area (TPSA) is 37.3 Å². The average molecular weight is 257 g/mol. The molecule has 0 aliphatic carbocycles. The number of carboxylic acid groups (broad SMARTS) is 1. The van der Waals surface area contributed by atoms with E-state index in [1.54, 1.807) is 0 Å². The first kappa shape index (κ1) is 11.2. The van der Waals surface area contributed by atoms with Crippen LogP contribution in [0.2, 0.25) is 0 Å². The number of rotatable bonds is 4. The molecule has 1 rings (SSSR count). The van der Waals surface area contributed by atoms with Gasteiger partial charge in [0, 0.05) is 5.33 Å². The Kier molecular flexibility index (Phi) is 4.14. The molecule has 0 fully saturated rings. The molecular weight excluding hydrogens is 244 g/mol. The van der Waals surface area contributed by atoms with Crippen LogP contribution in [0.1, 0.15) is 30.4 Å². The zero-order chi connectivity index (χ0) is 10.6. The molecule has 0 aliphatic rings. The second kappa shape index (κ2) is 5.15. The van der Waals surface area contributed by atoms with Crippen LogP contribution in [0.25, 0.3) is 0 Å². The van der Waals surface area contributed by atoms with E-state index in [9.17, 15) is 4.79 Å². The number of carbonyl (C=O) groups is 1.